The molecule has 4 aromatic rings. The number of carbonyl (C=O) groups excluding carboxylic acids is 4. The number of halogens is 1. The van der Waals surface area contributed by atoms with E-state index in [1.54, 1.807) is 36.4 Å². The maximum absolute atomic E-state index is 13.3. The first-order valence-corrected chi connectivity index (χ1v) is 13.3. The van der Waals surface area contributed by atoms with E-state index in [-0.39, 0.29) is 30.1 Å². The first-order chi connectivity index (χ1) is 19.9. The predicted octanol–water partition coefficient (Wildman–Crippen LogP) is 5.54. The zero-order valence-corrected chi connectivity index (χ0v) is 22.3. The van der Waals surface area contributed by atoms with Gasteiger partial charge in [-0.25, -0.2) is 9.59 Å². The van der Waals surface area contributed by atoms with E-state index in [9.17, 15) is 19.2 Å². The second-order valence-electron chi connectivity index (χ2n) is 9.72. The van der Waals surface area contributed by atoms with Crippen LogP contribution in [-0.4, -0.2) is 41.6 Å². The van der Waals surface area contributed by atoms with Crippen LogP contribution < -0.4 is 5.32 Å². The Bertz CT molecular complexity index is 1620. The van der Waals surface area contributed by atoms with Gasteiger partial charge in [0.15, 0.2) is 0 Å². The monoisotopic (exact) mass is 566 g/mol. The number of carbonyl (C=O) groups is 4. The highest BCUT2D eigenvalue weighted by Gasteiger charge is 2.40. The van der Waals surface area contributed by atoms with E-state index in [1.807, 2.05) is 48.5 Å². The Morgan fingerprint density at radius 3 is 1.93 bits per heavy atom. The molecule has 0 saturated carbocycles. The maximum Gasteiger partial charge on any atom is 0.407 e. The van der Waals surface area contributed by atoms with Gasteiger partial charge in [-0.05, 0) is 52.1 Å². The van der Waals surface area contributed by atoms with Crippen molar-refractivity contribution in [3.05, 3.63) is 130 Å². The largest absolute Gasteiger partial charge is 0.449 e. The molecule has 1 N–H and O–H groups in total. The summed E-state index contributed by atoms with van der Waals surface area (Å²) in [5, 5.41) is 3.41. The number of ether oxygens (including phenoxy) is 1. The fourth-order valence-electron chi connectivity index (χ4n) is 5.28. The van der Waals surface area contributed by atoms with Gasteiger partial charge in [0.1, 0.15) is 12.6 Å². The van der Waals surface area contributed by atoms with Crippen LogP contribution in [-0.2, 0) is 20.8 Å². The van der Waals surface area contributed by atoms with Crippen molar-refractivity contribution in [3.63, 3.8) is 0 Å². The molecule has 2 aliphatic rings. The number of amides is 3. The molecular weight excluding hydrogens is 544 g/mol. The lowest BCUT2D eigenvalue weighted by Crippen LogP contribution is -2.47. The zero-order chi connectivity index (χ0) is 28.5. The first-order valence-electron chi connectivity index (χ1n) is 13.0. The number of hydroxylamine groups is 2. The second-order valence-corrected chi connectivity index (χ2v) is 10.2. The Morgan fingerprint density at radius 2 is 1.34 bits per heavy atom. The first kappa shape index (κ1) is 26.3. The van der Waals surface area contributed by atoms with Crippen molar-refractivity contribution >= 4 is 35.5 Å². The minimum absolute atomic E-state index is 0.0211. The lowest BCUT2D eigenvalue weighted by atomic mass is 9.98. The molecule has 0 bridgehead atoms. The highest BCUT2D eigenvalue weighted by molar-refractivity contribution is 6.30. The molecule has 0 aromatic heterocycles. The third-order valence-electron chi connectivity index (χ3n) is 7.19. The summed E-state index contributed by atoms with van der Waals surface area (Å²) in [5.41, 5.74) is 5.13. The van der Waals surface area contributed by atoms with Gasteiger partial charge in [-0.3, -0.25) is 9.59 Å². The van der Waals surface area contributed by atoms with E-state index in [0.717, 1.165) is 22.3 Å². The third-order valence-corrected chi connectivity index (χ3v) is 7.42. The van der Waals surface area contributed by atoms with Crippen LogP contribution in [0.4, 0.5) is 4.79 Å². The van der Waals surface area contributed by atoms with Crippen molar-refractivity contribution in [2.45, 2.75) is 18.4 Å². The molecule has 1 aliphatic heterocycles. The Morgan fingerprint density at radius 1 is 0.780 bits per heavy atom. The van der Waals surface area contributed by atoms with Gasteiger partial charge < -0.3 is 14.9 Å². The maximum atomic E-state index is 13.3. The molecule has 1 atom stereocenters. The smallest absolute Gasteiger partial charge is 0.407 e. The standard InChI is InChI=1S/C32H23ClN2O6/c33-20-9-7-8-19(16-20)17-28(31(38)41-35-29(36)25-14-5-6-15-26(25)30(35)37)34-32(39)40-18-27-23-12-3-1-10-21(23)22-11-2-4-13-24(22)27/h1-16,27-28H,17-18H2,(H,34,39). The van der Waals surface area contributed by atoms with Gasteiger partial charge in [-0.2, -0.15) is 0 Å². The summed E-state index contributed by atoms with van der Waals surface area (Å²) in [7, 11) is 0. The number of alkyl carbamates (subject to hydrolysis) is 1. The second kappa shape index (κ2) is 10.9. The SMILES string of the molecule is O=C(NC(Cc1cccc(Cl)c1)C(=O)ON1C(=O)c2ccccc2C1=O)OCC1c2ccccc2-c2ccccc21. The molecule has 41 heavy (non-hydrogen) atoms. The molecule has 8 nitrogen and oxygen atoms in total. The van der Waals surface area contributed by atoms with Crippen molar-refractivity contribution in [2.24, 2.45) is 0 Å². The van der Waals surface area contributed by atoms with Gasteiger partial charge >= 0.3 is 12.1 Å². The molecule has 0 fully saturated rings. The third kappa shape index (κ3) is 5.05. The molecule has 204 valence electrons. The Kier molecular flexibility index (Phi) is 6.99. The summed E-state index contributed by atoms with van der Waals surface area (Å²) in [4.78, 5) is 57.0. The topological polar surface area (TPSA) is 102 Å². The number of fused-ring (bicyclic) bond motifs is 4. The van der Waals surface area contributed by atoms with Crippen LogP contribution in [0, 0.1) is 0 Å². The molecule has 1 unspecified atom stereocenters. The summed E-state index contributed by atoms with van der Waals surface area (Å²) in [5.74, 6) is -2.71. The van der Waals surface area contributed by atoms with Crippen molar-refractivity contribution in [2.75, 3.05) is 6.61 Å². The van der Waals surface area contributed by atoms with E-state index < -0.39 is 29.9 Å². The van der Waals surface area contributed by atoms with Crippen LogP contribution in [0.15, 0.2) is 97.1 Å². The van der Waals surface area contributed by atoms with Crippen LogP contribution in [0.1, 0.15) is 43.3 Å². The number of nitrogens with one attached hydrogen (secondary N) is 1. The molecule has 0 saturated heterocycles. The van der Waals surface area contributed by atoms with Crippen LogP contribution >= 0.6 is 11.6 Å². The minimum Gasteiger partial charge on any atom is -0.449 e. The molecule has 6 rings (SSSR count). The zero-order valence-electron chi connectivity index (χ0n) is 21.6. The molecule has 0 radical (unpaired) electrons. The summed E-state index contributed by atoms with van der Waals surface area (Å²) in [6.07, 6.45) is -0.870. The number of rotatable bonds is 7. The quantitative estimate of drug-likeness (QED) is 0.295. The van der Waals surface area contributed by atoms with Gasteiger partial charge in [-0.1, -0.05) is 89.5 Å². The highest BCUT2D eigenvalue weighted by atomic mass is 35.5. The number of benzene rings is 4. The van der Waals surface area contributed by atoms with E-state index >= 15 is 0 Å². The average Bonchev–Trinajstić information content (AvgIpc) is 3.43. The number of hydrogen-bond acceptors (Lipinski definition) is 6. The van der Waals surface area contributed by atoms with Crippen molar-refractivity contribution in [1.29, 1.82) is 0 Å². The van der Waals surface area contributed by atoms with Gasteiger partial charge in [0.05, 0.1) is 11.1 Å². The normalized spacial score (nSPS) is 14.2. The number of nitrogens with zero attached hydrogens (tertiary/aromatic N) is 1. The fourth-order valence-corrected chi connectivity index (χ4v) is 5.49. The summed E-state index contributed by atoms with van der Waals surface area (Å²) in [6.45, 7) is 0.0389. The molecule has 1 heterocycles. The summed E-state index contributed by atoms with van der Waals surface area (Å²) in [6, 6.07) is 27.5. The lowest BCUT2D eigenvalue weighted by Gasteiger charge is -2.21. The van der Waals surface area contributed by atoms with Crippen LogP contribution in [0.5, 0.6) is 0 Å². The van der Waals surface area contributed by atoms with Crippen LogP contribution in [0.3, 0.4) is 0 Å². The summed E-state index contributed by atoms with van der Waals surface area (Å²) < 4.78 is 5.61. The van der Waals surface area contributed by atoms with E-state index in [0.29, 0.717) is 15.6 Å². The van der Waals surface area contributed by atoms with E-state index in [1.165, 1.54) is 12.1 Å². The number of hydrogen-bond donors (Lipinski definition) is 1. The Hall–Kier alpha value is -4.95. The van der Waals surface area contributed by atoms with Crippen molar-refractivity contribution in [1.82, 2.24) is 10.4 Å². The van der Waals surface area contributed by atoms with Gasteiger partial charge in [0.2, 0.25) is 0 Å². The molecule has 4 aromatic carbocycles. The average molecular weight is 567 g/mol. The van der Waals surface area contributed by atoms with Gasteiger partial charge in [0, 0.05) is 17.4 Å². The Balaban J connectivity index is 1.18. The van der Waals surface area contributed by atoms with Crippen LogP contribution in [0.25, 0.3) is 11.1 Å². The van der Waals surface area contributed by atoms with Crippen LogP contribution in [0.2, 0.25) is 5.02 Å². The molecule has 9 heteroatoms. The molecular formula is C32H23ClN2O6. The fraction of sp³-hybridized carbons (Fsp3) is 0.125. The van der Waals surface area contributed by atoms with E-state index in [2.05, 4.69) is 5.32 Å². The number of imide groups is 1. The molecule has 1 aliphatic carbocycles. The van der Waals surface area contributed by atoms with Gasteiger partial charge in [-0.15, -0.1) is 0 Å². The molecule has 3 amide bonds. The van der Waals surface area contributed by atoms with Crippen molar-refractivity contribution in [3.8, 4) is 11.1 Å². The minimum atomic E-state index is -1.28. The van der Waals surface area contributed by atoms with Crippen molar-refractivity contribution < 1.29 is 28.8 Å². The van der Waals surface area contributed by atoms with Gasteiger partial charge in [0.25, 0.3) is 11.8 Å². The lowest BCUT2D eigenvalue weighted by molar-refractivity contribution is -0.171. The predicted molar refractivity (Wildman–Crippen MR) is 150 cm³/mol. The summed E-state index contributed by atoms with van der Waals surface area (Å²) >= 11 is 6.12. The Labute approximate surface area is 240 Å². The van der Waals surface area contributed by atoms with E-state index in [4.69, 9.17) is 21.2 Å². The highest BCUT2D eigenvalue weighted by Crippen LogP contribution is 2.44. The molecule has 0 spiro atoms.